The molecule has 0 aromatic heterocycles. The molecule has 3 rings (SSSR count). The molecule has 1 aromatic rings. The maximum absolute atomic E-state index is 12.1. The van der Waals surface area contributed by atoms with Crippen LogP contribution in [0.5, 0.6) is 0 Å². The molecule has 4 nitrogen and oxygen atoms in total. The number of ether oxygens (including phenoxy) is 3. The molecule has 1 heterocycles. The van der Waals surface area contributed by atoms with E-state index in [-0.39, 0.29) is 18.2 Å². The number of carbonyl (C=O) groups excluding carboxylic acids is 1. The maximum atomic E-state index is 12.1. The molecule has 1 fully saturated rings. The highest BCUT2D eigenvalue weighted by molar-refractivity contribution is 5.85. The highest BCUT2D eigenvalue weighted by Gasteiger charge is 2.53. The van der Waals surface area contributed by atoms with Crippen molar-refractivity contribution in [2.24, 2.45) is 0 Å². The Morgan fingerprint density at radius 2 is 2.15 bits per heavy atom. The highest BCUT2D eigenvalue weighted by Crippen LogP contribution is 2.38. The van der Waals surface area contributed by atoms with Gasteiger partial charge in [0.05, 0.1) is 6.61 Å². The SMILES string of the molecule is CCO[C@@H]1C=C[C@]2(OCc3ccccc3)C[C@H]1OC2=O. The predicted octanol–water partition coefficient (Wildman–Crippen LogP) is 2.23. The van der Waals surface area contributed by atoms with Crippen LogP contribution in [-0.4, -0.2) is 30.4 Å². The Labute approximate surface area is 118 Å². The fourth-order valence-corrected chi connectivity index (χ4v) is 2.66. The molecule has 1 saturated heterocycles. The van der Waals surface area contributed by atoms with Gasteiger partial charge < -0.3 is 14.2 Å². The second-order valence-electron chi connectivity index (χ2n) is 5.09. The first kappa shape index (κ1) is 13.3. The molecule has 2 aliphatic rings. The van der Waals surface area contributed by atoms with Gasteiger partial charge in [-0.25, -0.2) is 4.79 Å². The fraction of sp³-hybridized carbons (Fsp3) is 0.438. The lowest BCUT2D eigenvalue weighted by Crippen LogP contribution is -2.39. The molecule has 0 unspecified atom stereocenters. The Balaban J connectivity index is 1.72. The van der Waals surface area contributed by atoms with Crippen molar-refractivity contribution in [2.75, 3.05) is 6.61 Å². The average molecular weight is 274 g/mol. The summed E-state index contributed by atoms with van der Waals surface area (Å²) in [7, 11) is 0. The second kappa shape index (κ2) is 5.38. The summed E-state index contributed by atoms with van der Waals surface area (Å²) < 4.78 is 16.8. The molecule has 1 aliphatic carbocycles. The Morgan fingerprint density at radius 1 is 1.35 bits per heavy atom. The molecule has 2 bridgehead atoms. The number of esters is 1. The van der Waals surface area contributed by atoms with Gasteiger partial charge in [0.1, 0.15) is 12.2 Å². The van der Waals surface area contributed by atoms with Gasteiger partial charge in [0.25, 0.3) is 0 Å². The van der Waals surface area contributed by atoms with Crippen molar-refractivity contribution in [3.8, 4) is 0 Å². The third kappa shape index (κ3) is 2.37. The van der Waals surface area contributed by atoms with Gasteiger partial charge in [-0.1, -0.05) is 36.4 Å². The smallest absolute Gasteiger partial charge is 0.343 e. The molecule has 1 aliphatic heterocycles. The van der Waals surface area contributed by atoms with Crippen LogP contribution in [-0.2, 0) is 25.6 Å². The Kier molecular flexibility index (Phi) is 3.59. The number of carbonyl (C=O) groups is 1. The third-order valence-electron chi connectivity index (χ3n) is 3.73. The van der Waals surface area contributed by atoms with Crippen molar-refractivity contribution in [3.05, 3.63) is 48.0 Å². The number of hydrogen-bond donors (Lipinski definition) is 0. The van der Waals surface area contributed by atoms with Crippen molar-refractivity contribution >= 4 is 5.97 Å². The normalized spacial score (nSPS) is 31.4. The monoisotopic (exact) mass is 274 g/mol. The first-order valence-electron chi connectivity index (χ1n) is 6.93. The van der Waals surface area contributed by atoms with E-state index in [2.05, 4.69) is 0 Å². The molecular formula is C16H18O4. The lowest BCUT2D eigenvalue weighted by atomic mass is 9.90. The van der Waals surface area contributed by atoms with Crippen molar-refractivity contribution in [3.63, 3.8) is 0 Å². The van der Waals surface area contributed by atoms with Gasteiger partial charge in [-0.15, -0.1) is 0 Å². The summed E-state index contributed by atoms with van der Waals surface area (Å²) in [5.41, 5.74) is 0.104. The average Bonchev–Trinajstić information content (AvgIpc) is 2.74. The molecule has 20 heavy (non-hydrogen) atoms. The summed E-state index contributed by atoms with van der Waals surface area (Å²) in [6.45, 7) is 2.92. The van der Waals surface area contributed by atoms with E-state index in [0.717, 1.165) is 5.56 Å². The van der Waals surface area contributed by atoms with Crippen LogP contribution in [0.3, 0.4) is 0 Å². The molecule has 3 atom stereocenters. The summed E-state index contributed by atoms with van der Waals surface area (Å²) >= 11 is 0. The van der Waals surface area contributed by atoms with Gasteiger partial charge in [-0.3, -0.25) is 0 Å². The minimum Gasteiger partial charge on any atom is -0.457 e. The zero-order valence-electron chi connectivity index (χ0n) is 11.5. The first-order valence-corrected chi connectivity index (χ1v) is 6.93. The molecule has 0 saturated carbocycles. The molecule has 4 heteroatoms. The quantitative estimate of drug-likeness (QED) is 0.610. The summed E-state index contributed by atoms with van der Waals surface area (Å²) in [5.74, 6) is -0.308. The zero-order chi connectivity index (χ0) is 14.0. The second-order valence-corrected chi connectivity index (χ2v) is 5.09. The summed E-state index contributed by atoms with van der Waals surface area (Å²) in [6, 6.07) is 9.81. The van der Waals surface area contributed by atoms with Gasteiger partial charge in [-0.05, 0) is 18.6 Å². The topological polar surface area (TPSA) is 44.8 Å². The summed E-state index contributed by atoms with van der Waals surface area (Å²) in [4.78, 5) is 12.1. The standard InChI is InChI=1S/C16H18O4/c1-2-18-13-8-9-16(10-14(13)20-15(16)17)19-11-12-6-4-3-5-7-12/h3-9,13-14H,2,10-11H2,1H3/t13-,14-,16+/m1/s1. The van der Waals surface area contributed by atoms with Gasteiger partial charge >= 0.3 is 5.97 Å². The van der Waals surface area contributed by atoms with Gasteiger partial charge in [0, 0.05) is 13.0 Å². The van der Waals surface area contributed by atoms with E-state index < -0.39 is 5.60 Å². The van der Waals surface area contributed by atoms with Crippen LogP contribution in [0.1, 0.15) is 18.9 Å². The van der Waals surface area contributed by atoms with Crippen LogP contribution in [0.4, 0.5) is 0 Å². The Morgan fingerprint density at radius 3 is 2.90 bits per heavy atom. The van der Waals surface area contributed by atoms with Crippen LogP contribution in [0.25, 0.3) is 0 Å². The van der Waals surface area contributed by atoms with E-state index in [1.165, 1.54) is 0 Å². The Bertz CT molecular complexity index is 510. The van der Waals surface area contributed by atoms with Crippen molar-refractivity contribution in [2.45, 2.75) is 37.8 Å². The lowest BCUT2D eigenvalue weighted by molar-refractivity contribution is -0.157. The first-order chi connectivity index (χ1) is 9.73. The van der Waals surface area contributed by atoms with E-state index in [0.29, 0.717) is 19.6 Å². The molecule has 0 radical (unpaired) electrons. The van der Waals surface area contributed by atoms with E-state index in [1.54, 1.807) is 6.08 Å². The largest absolute Gasteiger partial charge is 0.457 e. The van der Waals surface area contributed by atoms with Gasteiger partial charge in [-0.2, -0.15) is 0 Å². The van der Waals surface area contributed by atoms with Crippen LogP contribution >= 0.6 is 0 Å². The van der Waals surface area contributed by atoms with Crippen LogP contribution in [0, 0.1) is 0 Å². The van der Waals surface area contributed by atoms with E-state index >= 15 is 0 Å². The number of fused-ring (bicyclic) bond motifs is 2. The van der Waals surface area contributed by atoms with Crippen LogP contribution in [0.15, 0.2) is 42.5 Å². The van der Waals surface area contributed by atoms with E-state index in [4.69, 9.17) is 14.2 Å². The molecule has 0 spiro atoms. The minimum absolute atomic E-state index is 0.153. The fourth-order valence-electron chi connectivity index (χ4n) is 2.66. The summed E-state index contributed by atoms with van der Waals surface area (Å²) in [5, 5.41) is 0. The lowest BCUT2D eigenvalue weighted by Gasteiger charge is -2.27. The van der Waals surface area contributed by atoms with Crippen LogP contribution < -0.4 is 0 Å². The molecule has 0 N–H and O–H groups in total. The number of rotatable bonds is 5. The molecule has 1 aromatic carbocycles. The predicted molar refractivity (Wildman–Crippen MR) is 73.0 cm³/mol. The molecule has 106 valence electrons. The number of benzene rings is 1. The highest BCUT2D eigenvalue weighted by atomic mass is 16.6. The summed E-state index contributed by atoms with van der Waals surface area (Å²) in [6.07, 6.45) is 3.82. The van der Waals surface area contributed by atoms with Crippen LogP contribution in [0.2, 0.25) is 0 Å². The number of hydrogen-bond acceptors (Lipinski definition) is 4. The third-order valence-corrected chi connectivity index (χ3v) is 3.73. The van der Waals surface area contributed by atoms with Crippen molar-refractivity contribution in [1.82, 2.24) is 0 Å². The van der Waals surface area contributed by atoms with E-state index in [1.807, 2.05) is 43.3 Å². The van der Waals surface area contributed by atoms with Crippen molar-refractivity contribution < 1.29 is 19.0 Å². The molecular weight excluding hydrogens is 256 g/mol. The molecule has 0 amide bonds. The minimum atomic E-state index is -0.936. The zero-order valence-corrected chi connectivity index (χ0v) is 11.5. The van der Waals surface area contributed by atoms with Gasteiger partial charge in [0.2, 0.25) is 0 Å². The maximum Gasteiger partial charge on any atom is 0.343 e. The van der Waals surface area contributed by atoms with Gasteiger partial charge in [0.15, 0.2) is 5.60 Å². The van der Waals surface area contributed by atoms with Crippen molar-refractivity contribution in [1.29, 1.82) is 0 Å². The van der Waals surface area contributed by atoms with E-state index in [9.17, 15) is 4.79 Å². The Hall–Kier alpha value is -1.65.